The number of hydrogen-bond acceptors (Lipinski definition) is 4. The normalized spacial score (nSPS) is 10.4. The summed E-state index contributed by atoms with van der Waals surface area (Å²) < 4.78 is 13.5. The summed E-state index contributed by atoms with van der Waals surface area (Å²) in [4.78, 5) is 8.25. The van der Waals surface area contributed by atoms with Crippen molar-refractivity contribution >= 4 is 28.9 Å². The molecule has 94 valence electrons. The van der Waals surface area contributed by atoms with Crippen LogP contribution in [0.4, 0.5) is 21.7 Å². The van der Waals surface area contributed by atoms with Gasteiger partial charge in [0, 0.05) is 17.5 Å². The molecule has 0 fully saturated rings. The third-order valence-electron chi connectivity index (χ3n) is 2.30. The second-order valence-electron chi connectivity index (χ2n) is 3.70. The topological polar surface area (TPSA) is 63.8 Å². The number of nitrogens with two attached hydrogens (primary N) is 1. The minimum atomic E-state index is -0.408. The van der Waals surface area contributed by atoms with Crippen molar-refractivity contribution in [2.24, 2.45) is 0 Å². The van der Waals surface area contributed by atoms with Gasteiger partial charge in [0.1, 0.15) is 23.3 Å². The van der Waals surface area contributed by atoms with E-state index in [9.17, 15) is 4.39 Å². The molecule has 0 amide bonds. The molecule has 1 aromatic heterocycles. The summed E-state index contributed by atoms with van der Waals surface area (Å²) in [7, 11) is 0. The van der Waals surface area contributed by atoms with Crippen molar-refractivity contribution in [3.8, 4) is 0 Å². The van der Waals surface area contributed by atoms with Crippen LogP contribution in [0.5, 0.6) is 0 Å². The van der Waals surface area contributed by atoms with E-state index in [2.05, 4.69) is 15.3 Å². The van der Waals surface area contributed by atoms with Crippen molar-refractivity contribution in [3.63, 3.8) is 0 Å². The zero-order valence-corrected chi connectivity index (χ0v) is 10.5. The number of rotatable bonds is 3. The molecule has 4 nitrogen and oxygen atoms in total. The molecule has 0 aliphatic heterocycles. The molecule has 1 aromatic carbocycles. The van der Waals surface area contributed by atoms with Crippen LogP contribution < -0.4 is 11.1 Å². The number of anilines is 3. The van der Waals surface area contributed by atoms with Crippen LogP contribution in [0.15, 0.2) is 24.3 Å². The maximum Gasteiger partial charge on any atom is 0.146 e. The molecule has 0 saturated carbocycles. The van der Waals surface area contributed by atoms with E-state index in [1.807, 2.05) is 6.92 Å². The highest BCUT2D eigenvalue weighted by Crippen LogP contribution is 2.23. The number of nitrogens with zero attached hydrogens (tertiary/aromatic N) is 2. The number of hydrogen-bond donors (Lipinski definition) is 2. The van der Waals surface area contributed by atoms with Crippen LogP contribution in [0.1, 0.15) is 12.7 Å². The second-order valence-corrected chi connectivity index (χ2v) is 4.13. The molecule has 2 rings (SSSR count). The van der Waals surface area contributed by atoms with E-state index < -0.39 is 5.82 Å². The highest BCUT2D eigenvalue weighted by atomic mass is 35.5. The van der Waals surface area contributed by atoms with Crippen molar-refractivity contribution in [2.75, 3.05) is 11.1 Å². The Morgan fingerprint density at radius 2 is 2.11 bits per heavy atom. The van der Waals surface area contributed by atoms with Crippen LogP contribution in [0.2, 0.25) is 5.02 Å². The average Bonchev–Trinajstić information content (AvgIpc) is 2.33. The van der Waals surface area contributed by atoms with Crippen molar-refractivity contribution in [2.45, 2.75) is 13.3 Å². The lowest BCUT2D eigenvalue weighted by Gasteiger charge is -2.08. The molecule has 0 atom stereocenters. The maximum atomic E-state index is 13.5. The van der Waals surface area contributed by atoms with Crippen LogP contribution >= 0.6 is 11.6 Å². The van der Waals surface area contributed by atoms with Crippen LogP contribution in [-0.2, 0) is 6.42 Å². The van der Waals surface area contributed by atoms with Gasteiger partial charge in [-0.3, -0.25) is 0 Å². The highest BCUT2D eigenvalue weighted by Gasteiger charge is 2.06. The molecule has 0 aliphatic carbocycles. The molecular formula is C12H12ClFN4. The number of halogens is 2. The predicted octanol–water partition coefficient (Wildman–Crippen LogP) is 3.16. The van der Waals surface area contributed by atoms with Gasteiger partial charge >= 0.3 is 0 Å². The molecule has 3 N–H and O–H groups in total. The third-order valence-corrected chi connectivity index (χ3v) is 2.53. The fourth-order valence-electron chi connectivity index (χ4n) is 1.47. The lowest BCUT2D eigenvalue weighted by molar-refractivity contribution is 0.632. The van der Waals surface area contributed by atoms with Gasteiger partial charge in [0.15, 0.2) is 0 Å². The third kappa shape index (κ3) is 2.87. The smallest absolute Gasteiger partial charge is 0.146 e. The molecule has 0 radical (unpaired) electrons. The lowest BCUT2D eigenvalue weighted by Crippen LogP contribution is -2.03. The molecule has 1 heterocycles. The first kappa shape index (κ1) is 12.6. The first-order chi connectivity index (χ1) is 8.58. The molecule has 0 bridgehead atoms. The molecule has 2 aromatic rings. The molecule has 18 heavy (non-hydrogen) atoms. The van der Waals surface area contributed by atoms with E-state index >= 15 is 0 Å². The molecule has 0 saturated heterocycles. The second kappa shape index (κ2) is 5.18. The summed E-state index contributed by atoms with van der Waals surface area (Å²) in [5.41, 5.74) is 5.90. The minimum absolute atomic E-state index is 0.252. The Bertz CT molecular complexity index is 574. The number of nitrogen functional groups attached to an aromatic ring is 1. The zero-order valence-electron chi connectivity index (χ0n) is 9.74. The van der Waals surface area contributed by atoms with E-state index in [4.69, 9.17) is 17.3 Å². The van der Waals surface area contributed by atoms with Gasteiger partial charge in [0.25, 0.3) is 0 Å². The summed E-state index contributed by atoms with van der Waals surface area (Å²) in [5, 5.41) is 3.28. The van der Waals surface area contributed by atoms with Gasteiger partial charge in [-0.1, -0.05) is 18.5 Å². The Balaban J connectivity index is 2.33. The van der Waals surface area contributed by atoms with Gasteiger partial charge in [-0.2, -0.15) is 0 Å². The Morgan fingerprint density at radius 3 is 2.83 bits per heavy atom. The van der Waals surface area contributed by atoms with E-state index in [0.29, 0.717) is 28.9 Å². The summed E-state index contributed by atoms with van der Waals surface area (Å²) in [6, 6.07) is 5.80. The SMILES string of the molecule is CCc1nc(N)cc(Nc2cc(Cl)ccc2F)n1. The molecule has 0 unspecified atom stereocenters. The van der Waals surface area contributed by atoms with Crippen LogP contribution in [0.3, 0.4) is 0 Å². The van der Waals surface area contributed by atoms with Crippen LogP contribution in [0.25, 0.3) is 0 Å². The average molecular weight is 267 g/mol. The van der Waals surface area contributed by atoms with Gasteiger partial charge in [0.2, 0.25) is 0 Å². The van der Waals surface area contributed by atoms with E-state index in [1.54, 1.807) is 6.07 Å². The van der Waals surface area contributed by atoms with Gasteiger partial charge in [0.05, 0.1) is 5.69 Å². The van der Waals surface area contributed by atoms with E-state index in [0.717, 1.165) is 0 Å². The Morgan fingerprint density at radius 1 is 1.33 bits per heavy atom. The van der Waals surface area contributed by atoms with Crippen molar-refractivity contribution < 1.29 is 4.39 Å². The predicted molar refractivity (Wildman–Crippen MR) is 70.5 cm³/mol. The van der Waals surface area contributed by atoms with Gasteiger partial charge in [-0.25, -0.2) is 14.4 Å². The number of benzene rings is 1. The molecule has 0 aliphatic rings. The zero-order chi connectivity index (χ0) is 13.1. The Hall–Kier alpha value is -1.88. The first-order valence-electron chi connectivity index (χ1n) is 5.44. The molecular weight excluding hydrogens is 255 g/mol. The largest absolute Gasteiger partial charge is 0.384 e. The summed E-state index contributed by atoms with van der Waals surface area (Å²) in [6.07, 6.45) is 0.651. The van der Waals surface area contributed by atoms with Gasteiger partial charge < -0.3 is 11.1 Å². The number of aromatic nitrogens is 2. The van der Waals surface area contributed by atoms with Crippen molar-refractivity contribution in [1.82, 2.24) is 9.97 Å². The minimum Gasteiger partial charge on any atom is -0.384 e. The number of nitrogens with one attached hydrogen (secondary N) is 1. The van der Waals surface area contributed by atoms with Crippen molar-refractivity contribution in [1.29, 1.82) is 0 Å². The Kier molecular flexibility index (Phi) is 3.62. The van der Waals surface area contributed by atoms with Crippen LogP contribution in [0, 0.1) is 5.82 Å². The first-order valence-corrected chi connectivity index (χ1v) is 5.82. The van der Waals surface area contributed by atoms with Crippen molar-refractivity contribution in [3.05, 3.63) is 40.9 Å². The maximum absolute atomic E-state index is 13.5. The summed E-state index contributed by atoms with van der Waals surface area (Å²) in [5.74, 6) is 0.974. The molecule has 0 spiro atoms. The van der Waals surface area contributed by atoms with Crippen LogP contribution in [-0.4, -0.2) is 9.97 Å². The monoisotopic (exact) mass is 266 g/mol. The van der Waals surface area contributed by atoms with E-state index in [-0.39, 0.29) is 5.69 Å². The lowest BCUT2D eigenvalue weighted by atomic mass is 10.3. The Labute approximate surface area is 109 Å². The summed E-state index contributed by atoms with van der Waals surface area (Å²) >= 11 is 5.81. The standard InChI is InChI=1S/C12H12ClFN4/c1-2-11-17-10(15)6-12(18-11)16-9-5-7(13)3-4-8(9)14/h3-6H,2H2,1H3,(H3,15,16,17,18). The van der Waals surface area contributed by atoms with E-state index in [1.165, 1.54) is 18.2 Å². The molecule has 6 heteroatoms. The van der Waals surface area contributed by atoms with Gasteiger partial charge in [-0.05, 0) is 18.2 Å². The highest BCUT2D eigenvalue weighted by molar-refractivity contribution is 6.30. The summed E-state index contributed by atoms with van der Waals surface area (Å²) in [6.45, 7) is 1.92. The fraction of sp³-hybridized carbons (Fsp3) is 0.167. The quantitative estimate of drug-likeness (QED) is 0.896. The van der Waals surface area contributed by atoms with Gasteiger partial charge in [-0.15, -0.1) is 0 Å². The fourth-order valence-corrected chi connectivity index (χ4v) is 1.64. The number of aryl methyl sites for hydroxylation is 1.